The van der Waals surface area contributed by atoms with Crippen molar-refractivity contribution in [2.75, 3.05) is 6.26 Å². The minimum absolute atomic E-state index is 0.0321. The van der Waals surface area contributed by atoms with Gasteiger partial charge in [0.25, 0.3) is 0 Å². The number of carbonyl (C=O) groups is 1. The van der Waals surface area contributed by atoms with Gasteiger partial charge in [0, 0.05) is 11.3 Å². The first-order valence-electron chi connectivity index (χ1n) is 6.63. The summed E-state index contributed by atoms with van der Waals surface area (Å²) in [5.41, 5.74) is 5.90. The molecule has 3 atom stereocenters. The summed E-state index contributed by atoms with van der Waals surface area (Å²) in [6.45, 7) is 4.19. The normalized spacial score (nSPS) is 26.9. The lowest BCUT2D eigenvalue weighted by Crippen LogP contribution is -2.50. The van der Waals surface area contributed by atoms with E-state index in [0.29, 0.717) is 17.2 Å². The van der Waals surface area contributed by atoms with E-state index in [0.717, 1.165) is 12.8 Å². The number of nitrogens with one attached hydrogen (secondary N) is 1. The van der Waals surface area contributed by atoms with E-state index in [9.17, 15) is 4.79 Å². The first-order chi connectivity index (χ1) is 8.04. The second-order valence-electron chi connectivity index (χ2n) is 5.41. The van der Waals surface area contributed by atoms with Crippen LogP contribution in [0.4, 0.5) is 0 Å². The Kier molecular flexibility index (Phi) is 6.34. The fraction of sp³-hybridized carbons (Fsp3) is 0.923. The fourth-order valence-electron chi connectivity index (χ4n) is 2.45. The zero-order chi connectivity index (χ0) is 12.8. The second-order valence-corrected chi connectivity index (χ2v) is 6.49. The van der Waals surface area contributed by atoms with Crippen LogP contribution in [0.1, 0.15) is 46.0 Å². The maximum Gasteiger partial charge on any atom is 0.237 e. The number of thioether (sulfide) groups is 1. The summed E-state index contributed by atoms with van der Waals surface area (Å²) in [6.07, 6.45) is 7.72. The van der Waals surface area contributed by atoms with Crippen molar-refractivity contribution in [3.8, 4) is 0 Å². The highest BCUT2D eigenvalue weighted by Gasteiger charge is 2.27. The lowest BCUT2D eigenvalue weighted by atomic mass is 9.94. The lowest BCUT2D eigenvalue weighted by molar-refractivity contribution is -0.123. The summed E-state index contributed by atoms with van der Waals surface area (Å²) in [7, 11) is 0. The van der Waals surface area contributed by atoms with Crippen molar-refractivity contribution in [3.05, 3.63) is 0 Å². The van der Waals surface area contributed by atoms with Crippen LogP contribution in [0.5, 0.6) is 0 Å². The maximum absolute atomic E-state index is 12.0. The first kappa shape index (κ1) is 14.8. The summed E-state index contributed by atoms with van der Waals surface area (Å²) < 4.78 is 0. The van der Waals surface area contributed by atoms with Gasteiger partial charge in [0.2, 0.25) is 5.91 Å². The SMILES string of the molecule is CSC1CCCCC1NC(=O)[C@H](N)CC(C)C. The van der Waals surface area contributed by atoms with Crippen molar-refractivity contribution in [2.24, 2.45) is 11.7 Å². The van der Waals surface area contributed by atoms with Crippen LogP contribution < -0.4 is 11.1 Å². The smallest absolute Gasteiger partial charge is 0.237 e. The Morgan fingerprint density at radius 2 is 2.06 bits per heavy atom. The molecule has 3 nitrogen and oxygen atoms in total. The predicted octanol–water partition coefficient (Wildman–Crippen LogP) is 2.15. The van der Waals surface area contributed by atoms with Crippen LogP contribution in [0.3, 0.4) is 0 Å². The predicted molar refractivity (Wildman–Crippen MR) is 75.1 cm³/mol. The standard InChI is InChI=1S/C13H26N2OS/c1-9(2)8-10(14)13(16)15-11-6-4-5-7-12(11)17-3/h9-12H,4-8,14H2,1-3H3,(H,15,16)/t10-,11?,12?/m1/s1. The number of nitrogens with two attached hydrogens (primary N) is 1. The van der Waals surface area contributed by atoms with E-state index in [1.165, 1.54) is 19.3 Å². The quantitative estimate of drug-likeness (QED) is 0.794. The molecule has 0 aromatic carbocycles. The molecule has 17 heavy (non-hydrogen) atoms. The second kappa shape index (κ2) is 7.27. The van der Waals surface area contributed by atoms with E-state index in [-0.39, 0.29) is 11.9 Å². The minimum atomic E-state index is -0.348. The summed E-state index contributed by atoms with van der Waals surface area (Å²) in [5, 5.41) is 3.71. The van der Waals surface area contributed by atoms with Crippen molar-refractivity contribution >= 4 is 17.7 Å². The van der Waals surface area contributed by atoms with Gasteiger partial charge in [-0.1, -0.05) is 26.7 Å². The molecule has 2 unspecified atom stereocenters. The molecule has 4 heteroatoms. The third kappa shape index (κ3) is 4.88. The number of hydrogen-bond donors (Lipinski definition) is 2. The van der Waals surface area contributed by atoms with E-state index < -0.39 is 0 Å². The van der Waals surface area contributed by atoms with Gasteiger partial charge in [0.1, 0.15) is 0 Å². The van der Waals surface area contributed by atoms with Gasteiger partial charge in [0.05, 0.1) is 6.04 Å². The lowest BCUT2D eigenvalue weighted by Gasteiger charge is -2.31. The number of hydrogen-bond acceptors (Lipinski definition) is 3. The summed E-state index contributed by atoms with van der Waals surface area (Å²) in [6, 6.07) is -0.0242. The van der Waals surface area contributed by atoms with Crippen molar-refractivity contribution < 1.29 is 4.79 Å². The van der Waals surface area contributed by atoms with Crippen molar-refractivity contribution in [1.82, 2.24) is 5.32 Å². The molecule has 1 aliphatic rings. The van der Waals surface area contributed by atoms with Crippen molar-refractivity contribution in [1.29, 1.82) is 0 Å². The van der Waals surface area contributed by atoms with Gasteiger partial charge in [-0.3, -0.25) is 4.79 Å². The van der Waals surface area contributed by atoms with E-state index in [4.69, 9.17) is 5.73 Å². The van der Waals surface area contributed by atoms with Crippen LogP contribution in [0.2, 0.25) is 0 Å². The molecule has 100 valence electrons. The van der Waals surface area contributed by atoms with Gasteiger partial charge >= 0.3 is 0 Å². The third-order valence-corrected chi connectivity index (χ3v) is 4.56. The Labute approximate surface area is 109 Å². The molecular weight excluding hydrogens is 232 g/mol. The van der Waals surface area contributed by atoms with E-state index in [1.54, 1.807) is 0 Å². The van der Waals surface area contributed by atoms with Crippen LogP contribution in [0, 0.1) is 5.92 Å². The Hall–Kier alpha value is -0.220. The zero-order valence-electron chi connectivity index (χ0n) is 11.2. The van der Waals surface area contributed by atoms with Gasteiger partial charge in [0.15, 0.2) is 0 Å². The monoisotopic (exact) mass is 258 g/mol. The maximum atomic E-state index is 12.0. The molecule has 0 radical (unpaired) electrons. The molecule has 1 saturated carbocycles. The summed E-state index contributed by atoms with van der Waals surface area (Å²) >= 11 is 1.87. The van der Waals surface area contributed by atoms with Crippen LogP contribution in [0.25, 0.3) is 0 Å². The number of amides is 1. The molecule has 1 rings (SSSR count). The highest BCUT2D eigenvalue weighted by molar-refractivity contribution is 7.99. The fourth-order valence-corrected chi connectivity index (χ4v) is 3.38. The van der Waals surface area contributed by atoms with Crippen molar-refractivity contribution in [2.45, 2.75) is 63.3 Å². The van der Waals surface area contributed by atoms with Gasteiger partial charge in [-0.2, -0.15) is 11.8 Å². The molecular formula is C13H26N2OS. The van der Waals surface area contributed by atoms with Gasteiger partial charge in [-0.25, -0.2) is 0 Å². The van der Waals surface area contributed by atoms with Crippen molar-refractivity contribution in [3.63, 3.8) is 0 Å². The molecule has 0 bridgehead atoms. The Morgan fingerprint density at radius 3 is 2.65 bits per heavy atom. The molecule has 1 aliphatic carbocycles. The Morgan fingerprint density at radius 1 is 1.41 bits per heavy atom. The first-order valence-corrected chi connectivity index (χ1v) is 7.92. The summed E-state index contributed by atoms with van der Waals surface area (Å²) in [5.74, 6) is 0.503. The van der Waals surface area contributed by atoms with Gasteiger partial charge < -0.3 is 11.1 Å². The van der Waals surface area contributed by atoms with Crippen LogP contribution in [-0.4, -0.2) is 29.5 Å². The van der Waals surface area contributed by atoms with E-state index >= 15 is 0 Å². The molecule has 0 aromatic heterocycles. The van der Waals surface area contributed by atoms with Crippen LogP contribution >= 0.6 is 11.8 Å². The molecule has 0 aliphatic heterocycles. The molecule has 0 aromatic rings. The number of rotatable bonds is 5. The van der Waals surface area contributed by atoms with Crippen LogP contribution in [-0.2, 0) is 4.79 Å². The minimum Gasteiger partial charge on any atom is -0.351 e. The highest BCUT2D eigenvalue weighted by atomic mass is 32.2. The number of carbonyl (C=O) groups excluding carboxylic acids is 1. The van der Waals surface area contributed by atoms with E-state index in [2.05, 4.69) is 25.4 Å². The van der Waals surface area contributed by atoms with E-state index in [1.807, 2.05) is 11.8 Å². The zero-order valence-corrected chi connectivity index (χ0v) is 12.1. The molecule has 0 spiro atoms. The third-order valence-electron chi connectivity index (χ3n) is 3.40. The molecule has 1 amide bonds. The topological polar surface area (TPSA) is 55.1 Å². The molecule has 0 heterocycles. The van der Waals surface area contributed by atoms with Gasteiger partial charge in [-0.05, 0) is 31.4 Å². The average Bonchev–Trinajstić information content (AvgIpc) is 2.28. The Balaban J connectivity index is 2.43. The summed E-state index contributed by atoms with van der Waals surface area (Å²) in [4.78, 5) is 12.0. The largest absolute Gasteiger partial charge is 0.351 e. The Bertz CT molecular complexity index is 246. The molecule has 3 N–H and O–H groups in total. The van der Waals surface area contributed by atoms with Gasteiger partial charge in [-0.15, -0.1) is 0 Å². The highest BCUT2D eigenvalue weighted by Crippen LogP contribution is 2.27. The molecule has 0 saturated heterocycles. The molecule has 1 fully saturated rings. The van der Waals surface area contributed by atoms with Crippen LogP contribution in [0.15, 0.2) is 0 Å². The average molecular weight is 258 g/mol.